The lowest BCUT2D eigenvalue weighted by molar-refractivity contribution is 0.0756. The molecule has 0 bridgehead atoms. The van der Waals surface area contributed by atoms with Crippen molar-refractivity contribution in [1.29, 1.82) is 0 Å². The van der Waals surface area contributed by atoms with Crippen molar-refractivity contribution < 1.29 is 9.21 Å². The van der Waals surface area contributed by atoms with Gasteiger partial charge in [-0.3, -0.25) is 4.79 Å². The highest BCUT2D eigenvalue weighted by atomic mass is 79.9. The third-order valence-electron chi connectivity index (χ3n) is 2.50. The van der Waals surface area contributed by atoms with Crippen molar-refractivity contribution in [3.8, 4) is 0 Å². The predicted molar refractivity (Wildman–Crippen MR) is 63.4 cm³/mol. The molecule has 0 saturated carbocycles. The number of halogens is 1. The van der Waals surface area contributed by atoms with Gasteiger partial charge in [-0.25, -0.2) is 0 Å². The van der Waals surface area contributed by atoms with E-state index in [9.17, 15) is 4.79 Å². The highest BCUT2D eigenvalue weighted by molar-refractivity contribution is 9.09. The van der Waals surface area contributed by atoms with Crippen molar-refractivity contribution in [1.82, 2.24) is 4.90 Å². The van der Waals surface area contributed by atoms with Crippen LogP contribution in [0.15, 0.2) is 16.7 Å². The molecule has 0 saturated heterocycles. The molecule has 15 heavy (non-hydrogen) atoms. The molecule has 0 aliphatic heterocycles. The van der Waals surface area contributed by atoms with Crippen molar-refractivity contribution >= 4 is 21.8 Å². The van der Waals surface area contributed by atoms with Gasteiger partial charge in [0.25, 0.3) is 5.91 Å². The first-order valence-electron chi connectivity index (χ1n) is 5.01. The Morgan fingerprint density at radius 1 is 1.67 bits per heavy atom. The van der Waals surface area contributed by atoms with Gasteiger partial charge in [-0.05, 0) is 13.0 Å². The first-order chi connectivity index (χ1) is 7.11. The number of alkyl halides is 1. The molecule has 0 N–H and O–H groups in total. The molecule has 84 valence electrons. The molecule has 1 atom stereocenters. The molecular formula is C11H16BrNO2. The zero-order chi connectivity index (χ0) is 11.4. The molecule has 0 fully saturated rings. The summed E-state index contributed by atoms with van der Waals surface area (Å²) in [6, 6.07) is 1.91. The number of nitrogens with zero attached hydrogens (tertiary/aromatic N) is 1. The predicted octanol–water partition coefficient (Wildman–Crippen LogP) is 2.70. The maximum atomic E-state index is 12.0. The molecule has 3 nitrogen and oxygen atoms in total. The Morgan fingerprint density at radius 2 is 2.33 bits per heavy atom. The minimum Gasteiger partial charge on any atom is -0.469 e. The summed E-state index contributed by atoms with van der Waals surface area (Å²) in [5.41, 5.74) is 0.674. The smallest absolute Gasteiger partial charge is 0.257 e. The fraction of sp³-hybridized carbons (Fsp3) is 0.545. The Balaban J connectivity index is 2.84. The summed E-state index contributed by atoms with van der Waals surface area (Å²) >= 11 is 3.37. The van der Waals surface area contributed by atoms with Crippen LogP contribution >= 0.6 is 15.9 Å². The average Bonchev–Trinajstić information content (AvgIpc) is 2.73. The number of carbonyl (C=O) groups excluding carboxylic acids is 1. The number of furan rings is 1. The first-order valence-corrected chi connectivity index (χ1v) is 6.13. The molecule has 4 heteroatoms. The fourth-order valence-corrected chi connectivity index (χ4v) is 1.73. The van der Waals surface area contributed by atoms with Gasteiger partial charge in [-0.15, -0.1) is 0 Å². The van der Waals surface area contributed by atoms with Crippen molar-refractivity contribution in [2.75, 3.05) is 12.4 Å². The summed E-state index contributed by atoms with van der Waals surface area (Å²) in [5.74, 6) is 0.779. The lowest BCUT2D eigenvalue weighted by Gasteiger charge is -2.22. The van der Waals surface area contributed by atoms with Crippen molar-refractivity contribution in [2.24, 2.45) is 0 Å². The first kappa shape index (κ1) is 12.3. The summed E-state index contributed by atoms with van der Waals surface area (Å²) in [5, 5.41) is 0.772. The van der Waals surface area contributed by atoms with Crippen LogP contribution in [0.25, 0.3) is 0 Å². The molecule has 1 aromatic heterocycles. The largest absolute Gasteiger partial charge is 0.469 e. The van der Waals surface area contributed by atoms with Gasteiger partial charge >= 0.3 is 0 Å². The van der Waals surface area contributed by atoms with E-state index in [0.29, 0.717) is 5.56 Å². The van der Waals surface area contributed by atoms with Gasteiger partial charge in [0, 0.05) is 24.8 Å². The van der Waals surface area contributed by atoms with Gasteiger partial charge in [-0.1, -0.05) is 22.9 Å². The molecule has 1 unspecified atom stereocenters. The summed E-state index contributed by atoms with van der Waals surface area (Å²) in [6.07, 6.45) is 2.31. The minimum atomic E-state index is 0.0209. The summed E-state index contributed by atoms with van der Waals surface area (Å²) in [4.78, 5) is 13.8. The second-order valence-electron chi connectivity index (χ2n) is 3.53. The molecule has 1 amide bonds. The molecule has 0 spiro atoms. The maximum absolute atomic E-state index is 12.0. The lowest BCUT2D eigenvalue weighted by Crippen LogP contribution is -2.36. The lowest BCUT2D eigenvalue weighted by atomic mass is 10.2. The van der Waals surface area contributed by atoms with Crippen LogP contribution < -0.4 is 0 Å². The van der Waals surface area contributed by atoms with Crippen LogP contribution in [0.4, 0.5) is 0 Å². The average molecular weight is 274 g/mol. The molecule has 1 aromatic rings. The number of carbonyl (C=O) groups is 1. The fourth-order valence-electron chi connectivity index (χ4n) is 1.30. The number of aryl methyl sites for hydroxylation is 1. The Kier molecular flexibility index (Phi) is 4.39. The maximum Gasteiger partial charge on any atom is 0.257 e. The summed E-state index contributed by atoms with van der Waals surface area (Å²) in [7, 11) is 1.81. The second kappa shape index (κ2) is 5.35. The Hall–Kier alpha value is -0.770. The van der Waals surface area contributed by atoms with Crippen LogP contribution in [0.1, 0.15) is 30.0 Å². The van der Waals surface area contributed by atoms with E-state index in [1.807, 2.05) is 13.8 Å². The van der Waals surface area contributed by atoms with E-state index >= 15 is 0 Å². The van der Waals surface area contributed by atoms with Gasteiger partial charge < -0.3 is 9.32 Å². The Bertz CT molecular complexity index is 335. The summed E-state index contributed by atoms with van der Waals surface area (Å²) in [6.45, 7) is 3.97. The highest BCUT2D eigenvalue weighted by Gasteiger charge is 2.20. The monoisotopic (exact) mass is 273 g/mol. The van der Waals surface area contributed by atoms with E-state index < -0.39 is 0 Å². The topological polar surface area (TPSA) is 33.5 Å². The number of hydrogen-bond acceptors (Lipinski definition) is 2. The van der Waals surface area contributed by atoms with Crippen LogP contribution in [0.3, 0.4) is 0 Å². The zero-order valence-electron chi connectivity index (χ0n) is 9.29. The molecule has 1 rings (SSSR count). The van der Waals surface area contributed by atoms with E-state index in [4.69, 9.17) is 4.42 Å². The van der Waals surface area contributed by atoms with Crippen molar-refractivity contribution in [3.63, 3.8) is 0 Å². The van der Waals surface area contributed by atoms with E-state index in [1.54, 1.807) is 24.3 Å². The van der Waals surface area contributed by atoms with Crippen LogP contribution in [0, 0.1) is 0 Å². The number of rotatable bonds is 4. The number of hydrogen-bond donors (Lipinski definition) is 0. The second-order valence-corrected chi connectivity index (χ2v) is 4.18. The quantitative estimate of drug-likeness (QED) is 0.791. The third-order valence-corrected chi connectivity index (χ3v) is 3.44. The van der Waals surface area contributed by atoms with Gasteiger partial charge in [0.2, 0.25) is 0 Å². The van der Waals surface area contributed by atoms with E-state index in [2.05, 4.69) is 15.9 Å². The molecule has 0 radical (unpaired) electrons. The van der Waals surface area contributed by atoms with Crippen molar-refractivity contribution in [3.05, 3.63) is 23.7 Å². The van der Waals surface area contributed by atoms with E-state index in [-0.39, 0.29) is 11.9 Å². The van der Waals surface area contributed by atoms with Crippen molar-refractivity contribution in [2.45, 2.75) is 26.3 Å². The van der Waals surface area contributed by atoms with Crippen LogP contribution in [0.2, 0.25) is 0 Å². The van der Waals surface area contributed by atoms with Crippen LogP contribution in [-0.4, -0.2) is 29.2 Å². The van der Waals surface area contributed by atoms with E-state index in [0.717, 1.165) is 17.5 Å². The number of amides is 1. The highest BCUT2D eigenvalue weighted by Crippen LogP contribution is 2.15. The zero-order valence-corrected chi connectivity index (χ0v) is 10.9. The molecular weight excluding hydrogens is 258 g/mol. The Morgan fingerprint density at radius 3 is 2.87 bits per heavy atom. The van der Waals surface area contributed by atoms with Crippen LogP contribution in [0.5, 0.6) is 0 Å². The van der Waals surface area contributed by atoms with Gasteiger partial charge in [0.15, 0.2) is 0 Å². The minimum absolute atomic E-state index is 0.0209. The van der Waals surface area contributed by atoms with Gasteiger partial charge in [0.05, 0.1) is 11.8 Å². The SMILES string of the molecule is CCc1occc1C(=O)N(C)C(C)CBr. The van der Waals surface area contributed by atoms with Crippen LogP contribution in [-0.2, 0) is 6.42 Å². The summed E-state index contributed by atoms with van der Waals surface area (Å²) < 4.78 is 5.24. The molecule has 0 aliphatic carbocycles. The normalized spacial score (nSPS) is 12.5. The molecule has 0 aromatic carbocycles. The van der Waals surface area contributed by atoms with Gasteiger partial charge in [-0.2, -0.15) is 0 Å². The molecule has 1 heterocycles. The third kappa shape index (κ3) is 2.62. The van der Waals surface area contributed by atoms with Gasteiger partial charge in [0.1, 0.15) is 5.76 Å². The Labute approximate surface area is 98.6 Å². The van der Waals surface area contributed by atoms with E-state index in [1.165, 1.54) is 0 Å². The standard InChI is InChI=1S/C11H16BrNO2/c1-4-10-9(5-6-15-10)11(14)13(3)8(2)7-12/h5-6,8H,4,7H2,1-3H3. The molecule has 0 aliphatic rings.